The van der Waals surface area contributed by atoms with Crippen LogP contribution in [-0.2, 0) is 13.9 Å². The number of phosphoric ester groups is 1. The Labute approximate surface area is 84.7 Å². The first-order chi connectivity index (χ1) is 6.42. The van der Waals surface area contributed by atoms with Gasteiger partial charge in [0.2, 0.25) is 0 Å². The lowest BCUT2D eigenvalue weighted by Gasteiger charge is -1.98. The average Bonchev–Trinajstić information content (AvgIpc) is 2.11. The summed E-state index contributed by atoms with van der Waals surface area (Å²) in [5.74, 6) is -0.988. The fourth-order valence-corrected chi connectivity index (χ4v) is 0.502. The Hall–Kier alpha value is -1.16. The Morgan fingerprint density at radius 2 is 1.29 bits per heavy atom. The lowest BCUT2D eigenvalue weighted by atomic mass is 10.9. The molecule has 0 radical (unpaired) electrons. The SMILES string of the molecule is C=C.C=C.C=C.CC(=O)OP(=O)(O)O. The van der Waals surface area contributed by atoms with Gasteiger partial charge in [-0.05, 0) is 0 Å². The second kappa shape index (κ2) is 17.8. The standard InChI is InChI=1S/C2H5O5P.3C2H4/c1-2(3)7-8(4,5)6;3*1-2/h1H3,(H2,4,5,6);3*1-2H2. The van der Waals surface area contributed by atoms with Crippen molar-refractivity contribution in [2.75, 3.05) is 0 Å². The summed E-state index contributed by atoms with van der Waals surface area (Å²) in [6.07, 6.45) is 0. The van der Waals surface area contributed by atoms with Crippen molar-refractivity contribution in [1.82, 2.24) is 0 Å². The van der Waals surface area contributed by atoms with E-state index in [1.54, 1.807) is 0 Å². The molecule has 0 aromatic rings. The predicted molar refractivity (Wildman–Crippen MR) is 57.6 cm³/mol. The molecular formula is C8H17O5P. The molecule has 0 saturated carbocycles. The summed E-state index contributed by atoms with van der Waals surface area (Å²) in [7, 11) is -4.57. The molecular weight excluding hydrogens is 207 g/mol. The van der Waals surface area contributed by atoms with Crippen LogP contribution in [0.1, 0.15) is 6.92 Å². The van der Waals surface area contributed by atoms with E-state index in [0.717, 1.165) is 6.92 Å². The summed E-state index contributed by atoms with van der Waals surface area (Å²) >= 11 is 0. The van der Waals surface area contributed by atoms with Gasteiger partial charge in [-0.15, -0.1) is 39.5 Å². The molecule has 0 aromatic heterocycles. The summed E-state index contributed by atoms with van der Waals surface area (Å²) in [6.45, 7) is 18.9. The van der Waals surface area contributed by atoms with Gasteiger partial charge < -0.3 is 4.52 Å². The number of phosphoric acid groups is 1. The van der Waals surface area contributed by atoms with Gasteiger partial charge in [-0.25, -0.2) is 4.57 Å². The molecule has 0 heterocycles. The number of hydrogen-bond acceptors (Lipinski definition) is 3. The quantitative estimate of drug-likeness (QED) is 0.526. The Bertz CT molecular complexity index is 170. The molecule has 5 nitrogen and oxygen atoms in total. The minimum Gasteiger partial charge on any atom is -0.371 e. The minimum absolute atomic E-state index is 0.916. The van der Waals surface area contributed by atoms with Crippen molar-refractivity contribution in [1.29, 1.82) is 0 Å². The molecule has 0 fully saturated rings. The van der Waals surface area contributed by atoms with Crippen LogP contribution in [0.15, 0.2) is 39.5 Å². The van der Waals surface area contributed by atoms with Gasteiger partial charge in [0.1, 0.15) is 0 Å². The predicted octanol–water partition coefficient (Wildman–Crippen LogP) is 2.05. The molecule has 0 unspecified atom stereocenters. The van der Waals surface area contributed by atoms with Crippen LogP contribution in [0.3, 0.4) is 0 Å². The van der Waals surface area contributed by atoms with Gasteiger partial charge in [-0.3, -0.25) is 14.6 Å². The van der Waals surface area contributed by atoms with Crippen LogP contribution in [0.5, 0.6) is 0 Å². The van der Waals surface area contributed by atoms with Crippen LogP contribution >= 0.6 is 7.82 Å². The van der Waals surface area contributed by atoms with Gasteiger partial charge in [0.05, 0.1) is 0 Å². The monoisotopic (exact) mass is 224 g/mol. The summed E-state index contributed by atoms with van der Waals surface area (Å²) in [6, 6.07) is 0. The zero-order valence-corrected chi connectivity index (χ0v) is 9.20. The van der Waals surface area contributed by atoms with Crippen LogP contribution in [0, 0.1) is 0 Å². The van der Waals surface area contributed by atoms with Crippen molar-refractivity contribution in [3.63, 3.8) is 0 Å². The van der Waals surface area contributed by atoms with Gasteiger partial charge in [0, 0.05) is 6.92 Å². The second-order valence-corrected chi connectivity index (χ2v) is 2.24. The van der Waals surface area contributed by atoms with E-state index < -0.39 is 13.8 Å². The van der Waals surface area contributed by atoms with Gasteiger partial charge >= 0.3 is 13.8 Å². The number of carbonyl (C=O) groups is 1. The number of hydrogen-bond donors (Lipinski definition) is 2. The van der Waals surface area contributed by atoms with Crippen molar-refractivity contribution < 1.29 is 23.7 Å². The van der Waals surface area contributed by atoms with Crippen LogP contribution in [0.2, 0.25) is 0 Å². The molecule has 84 valence electrons. The Kier molecular flexibility index (Phi) is 29.3. The zero-order chi connectivity index (χ0) is 12.8. The van der Waals surface area contributed by atoms with Crippen LogP contribution in [-0.4, -0.2) is 15.8 Å². The third kappa shape index (κ3) is 71.2. The molecule has 0 amide bonds. The molecule has 0 aliphatic heterocycles. The molecule has 0 spiro atoms. The maximum absolute atomic E-state index is 9.74. The highest BCUT2D eigenvalue weighted by Crippen LogP contribution is 2.35. The van der Waals surface area contributed by atoms with Gasteiger partial charge in [0.15, 0.2) is 0 Å². The fourth-order valence-electron chi connectivity index (χ4n) is 0.167. The van der Waals surface area contributed by atoms with E-state index in [1.165, 1.54) is 0 Å². The summed E-state index contributed by atoms with van der Waals surface area (Å²) in [4.78, 5) is 25.5. The lowest BCUT2D eigenvalue weighted by molar-refractivity contribution is -0.133. The molecule has 14 heavy (non-hydrogen) atoms. The largest absolute Gasteiger partial charge is 0.526 e. The lowest BCUT2D eigenvalue weighted by Crippen LogP contribution is -1.94. The molecule has 0 rings (SSSR count). The van der Waals surface area contributed by atoms with E-state index in [-0.39, 0.29) is 0 Å². The highest BCUT2D eigenvalue weighted by molar-refractivity contribution is 7.46. The third-order valence-electron chi connectivity index (χ3n) is 0.247. The van der Waals surface area contributed by atoms with Crippen LogP contribution in [0.25, 0.3) is 0 Å². The van der Waals surface area contributed by atoms with Gasteiger partial charge in [-0.2, -0.15) is 0 Å². The molecule has 0 aromatic carbocycles. The molecule has 0 aliphatic rings. The van der Waals surface area contributed by atoms with E-state index in [1.807, 2.05) is 0 Å². The van der Waals surface area contributed by atoms with Crippen molar-refractivity contribution in [3.8, 4) is 0 Å². The van der Waals surface area contributed by atoms with Crippen molar-refractivity contribution in [3.05, 3.63) is 39.5 Å². The average molecular weight is 224 g/mol. The zero-order valence-electron chi connectivity index (χ0n) is 8.31. The number of rotatable bonds is 1. The van der Waals surface area contributed by atoms with Crippen LogP contribution in [0.4, 0.5) is 0 Å². The topological polar surface area (TPSA) is 83.8 Å². The maximum Gasteiger partial charge on any atom is 0.526 e. The molecule has 0 bridgehead atoms. The third-order valence-corrected chi connectivity index (χ3v) is 0.742. The summed E-state index contributed by atoms with van der Waals surface area (Å²) in [5.41, 5.74) is 0. The molecule has 6 heteroatoms. The first-order valence-corrected chi connectivity index (χ1v) is 4.70. The first-order valence-electron chi connectivity index (χ1n) is 3.17. The summed E-state index contributed by atoms with van der Waals surface area (Å²) < 4.78 is 13.2. The maximum atomic E-state index is 9.74. The van der Waals surface area contributed by atoms with E-state index in [2.05, 4.69) is 44.0 Å². The first kappa shape index (κ1) is 23.0. The van der Waals surface area contributed by atoms with Gasteiger partial charge in [0.25, 0.3) is 0 Å². The molecule has 2 N–H and O–H groups in total. The number of carbonyl (C=O) groups excluding carboxylic acids is 1. The van der Waals surface area contributed by atoms with E-state index in [0.29, 0.717) is 0 Å². The van der Waals surface area contributed by atoms with Gasteiger partial charge in [-0.1, -0.05) is 0 Å². The highest BCUT2D eigenvalue weighted by atomic mass is 31.2. The minimum atomic E-state index is -4.57. The second-order valence-electron chi connectivity index (χ2n) is 1.07. The molecule has 0 aliphatic carbocycles. The smallest absolute Gasteiger partial charge is 0.371 e. The van der Waals surface area contributed by atoms with Crippen molar-refractivity contribution in [2.45, 2.75) is 6.92 Å². The fraction of sp³-hybridized carbons (Fsp3) is 0.125. The molecule has 0 atom stereocenters. The Balaban J connectivity index is -0.0000000708. The highest BCUT2D eigenvalue weighted by Gasteiger charge is 2.16. The van der Waals surface area contributed by atoms with E-state index >= 15 is 0 Å². The normalized spacial score (nSPS) is 7.07. The van der Waals surface area contributed by atoms with Crippen LogP contribution < -0.4 is 0 Å². The summed E-state index contributed by atoms with van der Waals surface area (Å²) in [5, 5.41) is 0. The Morgan fingerprint density at radius 1 is 1.07 bits per heavy atom. The van der Waals surface area contributed by atoms with Crippen molar-refractivity contribution in [2.24, 2.45) is 0 Å². The Morgan fingerprint density at radius 3 is 1.29 bits per heavy atom. The molecule has 0 saturated heterocycles. The van der Waals surface area contributed by atoms with Crippen molar-refractivity contribution >= 4 is 13.8 Å². The van der Waals surface area contributed by atoms with E-state index in [9.17, 15) is 9.36 Å². The van der Waals surface area contributed by atoms with E-state index in [4.69, 9.17) is 9.79 Å².